The van der Waals surface area contributed by atoms with E-state index in [9.17, 15) is 14.0 Å². The molecule has 8 heteroatoms. The normalized spacial score (nSPS) is 21.9. The van der Waals surface area contributed by atoms with E-state index in [1.165, 1.54) is 12.1 Å². The summed E-state index contributed by atoms with van der Waals surface area (Å²) in [4.78, 5) is 37.8. The number of pyridine rings is 1. The third-order valence-electron chi connectivity index (χ3n) is 8.42. The van der Waals surface area contributed by atoms with Gasteiger partial charge in [-0.15, -0.1) is 0 Å². The maximum Gasteiger partial charge on any atom is 0.254 e. The van der Waals surface area contributed by atoms with Crippen LogP contribution in [0, 0.1) is 5.82 Å². The van der Waals surface area contributed by atoms with Crippen LogP contribution in [0.1, 0.15) is 53.5 Å². The number of carbonyl (C=O) groups is 2. The lowest BCUT2D eigenvalue weighted by molar-refractivity contribution is -0.120. The fourth-order valence-corrected chi connectivity index (χ4v) is 6.32. The number of halogens is 1. The summed E-state index contributed by atoms with van der Waals surface area (Å²) in [5.74, 6) is -0.147. The number of nitrogens with one attached hydrogen (secondary N) is 1. The molecule has 2 atom stereocenters. The van der Waals surface area contributed by atoms with E-state index in [0.29, 0.717) is 26.1 Å². The van der Waals surface area contributed by atoms with Crippen LogP contribution < -0.4 is 10.2 Å². The zero-order chi connectivity index (χ0) is 28.0. The summed E-state index contributed by atoms with van der Waals surface area (Å²) in [6, 6.07) is 16.6. The van der Waals surface area contributed by atoms with Crippen LogP contribution in [0.15, 0.2) is 60.8 Å². The van der Waals surface area contributed by atoms with E-state index < -0.39 is 0 Å². The van der Waals surface area contributed by atoms with E-state index in [4.69, 9.17) is 4.98 Å². The van der Waals surface area contributed by atoms with Crippen LogP contribution in [0.3, 0.4) is 0 Å². The van der Waals surface area contributed by atoms with E-state index in [0.717, 1.165) is 46.7 Å². The smallest absolute Gasteiger partial charge is 0.254 e. The van der Waals surface area contributed by atoms with Crippen molar-refractivity contribution in [1.29, 1.82) is 0 Å². The van der Waals surface area contributed by atoms with Crippen molar-refractivity contribution in [3.63, 3.8) is 0 Å². The second kappa shape index (κ2) is 10.4. The van der Waals surface area contributed by atoms with Crippen LogP contribution in [-0.4, -0.2) is 71.4 Å². The van der Waals surface area contributed by atoms with Gasteiger partial charge in [0.25, 0.3) is 5.91 Å². The predicted octanol–water partition coefficient (Wildman–Crippen LogP) is 3.75. The van der Waals surface area contributed by atoms with Crippen LogP contribution in [0.4, 0.5) is 10.1 Å². The van der Waals surface area contributed by atoms with Gasteiger partial charge in [-0.05, 0) is 54.3 Å². The fourth-order valence-electron chi connectivity index (χ4n) is 6.32. The third-order valence-corrected chi connectivity index (χ3v) is 8.42. The quantitative estimate of drug-likeness (QED) is 0.515. The SMILES string of the molecule is C[C@@H]1CN(CC(=O)N2CC(C)(C)c3ncc(Cc4ccc(F)cc4)cc32)[C@@H](CN2Cc3ccccc3C2=O)CN1. The van der Waals surface area contributed by atoms with E-state index in [1.807, 2.05) is 40.3 Å². The van der Waals surface area contributed by atoms with Gasteiger partial charge in [0.05, 0.1) is 17.9 Å². The lowest BCUT2D eigenvalue weighted by Crippen LogP contribution is -2.60. The number of rotatable bonds is 6. The molecule has 2 aromatic carbocycles. The van der Waals surface area contributed by atoms with Gasteiger partial charge in [0.2, 0.25) is 5.91 Å². The molecule has 6 rings (SSSR count). The molecule has 0 unspecified atom stereocenters. The van der Waals surface area contributed by atoms with E-state index in [1.54, 1.807) is 12.1 Å². The van der Waals surface area contributed by atoms with Gasteiger partial charge in [-0.1, -0.05) is 44.2 Å². The van der Waals surface area contributed by atoms with Gasteiger partial charge in [-0.2, -0.15) is 0 Å². The molecule has 208 valence electrons. The molecular weight excluding hydrogens is 505 g/mol. The number of anilines is 1. The molecule has 1 N–H and O–H groups in total. The molecule has 0 radical (unpaired) electrons. The Morgan fingerprint density at radius 2 is 1.90 bits per heavy atom. The number of piperazine rings is 1. The monoisotopic (exact) mass is 541 g/mol. The summed E-state index contributed by atoms with van der Waals surface area (Å²) in [5.41, 5.74) is 5.35. The Balaban J connectivity index is 1.19. The number of nitrogens with zero attached hydrogens (tertiary/aromatic N) is 4. The minimum absolute atomic E-state index is 0.0384. The van der Waals surface area contributed by atoms with Crippen molar-refractivity contribution >= 4 is 17.5 Å². The van der Waals surface area contributed by atoms with Crippen molar-refractivity contribution in [2.75, 3.05) is 37.6 Å². The van der Waals surface area contributed by atoms with E-state index >= 15 is 0 Å². The second-order valence-electron chi connectivity index (χ2n) is 12.1. The van der Waals surface area contributed by atoms with Crippen molar-refractivity contribution in [2.24, 2.45) is 0 Å². The number of fused-ring (bicyclic) bond motifs is 2. The molecule has 0 spiro atoms. The molecule has 1 aromatic heterocycles. The first kappa shape index (κ1) is 26.6. The van der Waals surface area contributed by atoms with Crippen LogP contribution >= 0.6 is 0 Å². The number of hydrogen-bond acceptors (Lipinski definition) is 5. The first-order chi connectivity index (χ1) is 19.2. The molecule has 0 bridgehead atoms. The number of aromatic nitrogens is 1. The molecule has 3 aliphatic heterocycles. The average molecular weight is 542 g/mol. The Morgan fingerprint density at radius 3 is 2.67 bits per heavy atom. The van der Waals surface area contributed by atoms with Gasteiger partial charge in [0.1, 0.15) is 5.82 Å². The lowest BCUT2D eigenvalue weighted by Gasteiger charge is -2.41. The predicted molar refractivity (Wildman–Crippen MR) is 153 cm³/mol. The summed E-state index contributed by atoms with van der Waals surface area (Å²) < 4.78 is 13.4. The maximum absolute atomic E-state index is 13.9. The van der Waals surface area contributed by atoms with E-state index in [-0.39, 0.29) is 41.7 Å². The highest BCUT2D eigenvalue weighted by Crippen LogP contribution is 2.40. The first-order valence-corrected chi connectivity index (χ1v) is 14.1. The fraction of sp³-hybridized carbons (Fsp3) is 0.406. The summed E-state index contributed by atoms with van der Waals surface area (Å²) in [6.07, 6.45) is 2.49. The van der Waals surface area contributed by atoms with Gasteiger partial charge in [0.15, 0.2) is 0 Å². The third kappa shape index (κ3) is 5.13. The van der Waals surface area contributed by atoms with Crippen LogP contribution in [0.5, 0.6) is 0 Å². The molecule has 2 amide bonds. The highest BCUT2D eigenvalue weighted by atomic mass is 19.1. The van der Waals surface area contributed by atoms with Crippen LogP contribution in [0.25, 0.3) is 0 Å². The molecule has 3 aliphatic rings. The molecule has 0 aliphatic carbocycles. The largest absolute Gasteiger partial charge is 0.333 e. The van der Waals surface area contributed by atoms with Gasteiger partial charge >= 0.3 is 0 Å². The highest BCUT2D eigenvalue weighted by Gasteiger charge is 2.41. The molecule has 1 saturated heterocycles. The molecular formula is C32H36FN5O2. The Morgan fingerprint density at radius 1 is 1.12 bits per heavy atom. The highest BCUT2D eigenvalue weighted by molar-refractivity contribution is 5.98. The van der Waals surface area contributed by atoms with Crippen LogP contribution in [0.2, 0.25) is 0 Å². The molecule has 1 fully saturated rings. The Hall–Kier alpha value is -3.62. The Bertz CT molecular complexity index is 1440. The molecule has 3 aromatic rings. The van der Waals surface area contributed by atoms with Crippen molar-refractivity contribution in [2.45, 2.75) is 51.2 Å². The standard InChI is InChI=1S/C32H36FN5O2/c1-21-16-36(26(15-34-21)18-37-17-24-6-4-5-7-27(24)31(37)40)19-29(39)38-20-32(2,3)30-28(38)13-23(14-35-30)12-22-8-10-25(33)11-9-22/h4-11,13-14,21,26,34H,12,15-20H2,1-3H3/t21-,26-/m1/s1. The Kier molecular flexibility index (Phi) is 6.92. The summed E-state index contributed by atoms with van der Waals surface area (Å²) >= 11 is 0. The lowest BCUT2D eigenvalue weighted by atomic mass is 9.91. The molecule has 7 nitrogen and oxygen atoms in total. The van der Waals surface area contributed by atoms with Crippen molar-refractivity contribution < 1.29 is 14.0 Å². The zero-order valence-electron chi connectivity index (χ0n) is 23.4. The minimum Gasteiger partial charge on any atom is -0.333 e. The van der Waals surface area contributed by atoms with E-state index in [2.05, 4.69) is 37.1 Å². The summed E-state index contributed by atoms with van der Waals surface area (Å²) in [5, 5.41) is 3.54. The number of carbonyl (C=O) groups excluding carboxylic acids is 2. The average Bonchev–Trinajstić information content (AvgIpc) is 3.39. The van der Waals surface area contributed by atoms with Crippen molar-refractivity contribution in [1.82, 2.24) is 20.1 Å². The topological polar surface area (TPSA) is 68.8 Å². The number of hydrogen-bond donors (Lipinski definition) is 1. The summed E-state index contributed by atoms with van der Waals surface area (Å²) in [6.45, 7) is 9.87. The van der Waals surface area contributed by atoms with Crippen molar-refractivity contribution in [3.8, 4) is 0 Å². The summed E-state index contributed by atoms with van der Waals surface area (Å²) in [7, 11) is 0. The van der Waals surface area contributed by atoms with Crippen LogP contribution in [-0.2, 0) is 23.2 Å². The zero-order valence-corrected chi connectivity index (χ0v) is 23.4. The van der Waals surface area contributed by atoms with Gasteiger partial charge in [0, 0.05) is 62.0 Å². The van der Waals surface area contributed by atoms with Gasteiger partial charge < -0.3 is 15.1 Å². The van der Waals surface area contributed by atoms with Crippen molar-refractivity contribution in [3.05, 3.63) is 94.6 Å². The maximum atomic E-state index is 13.9. The molecule has 40 heavy (non-hydrogen) atoms. The molecule has 4 heterocycles. The Labute approximate surface area is 235 Å². The molecule has 0 saturated carbocycles. The second-order valence-corrected chi connectivity index (χ2v) is 12.1. The van der Waals surface area contributed by atoms with Gasteiger partial charge in [-0.25, -0.2) is 4.39 Å². The number of benzene rings is 2. The minimum atomic E-state index is -0.261. The van der Waals surface area contributed by atoms with Gasteiger partial charge in [-0.3, -0.25) is 19.5 Å². The first-order valence-electron chi connectivity index (χ1n) is 14.1. The number of amides is 2.